The Bertz CT molecular complexity index is 1050. The molecule has 1 atom stereocenters. The quantitative estimate of drug-likeness (QED) is 0.732. The van der Waals surface area contributed by atoms with E-state index in [1.54, 1.807) is 19.3 Å². The van der Waals surface area contributed by atoms with Crippen LogP contribution >= 0.6 is 0 Å². The average Bonchev–Trinajstić information content (AvgIpc) is 3.47. The Morgan fingerprint density at radius 1 is 1.18 bits per heavy atom. The average molecular weight is 379 g/mol. The lowest BCUT2D eigenvalue weighted by Gasteiger charge is -2.36. The molecule has 5 rings (SSSR count). The van der Waals surface area contributed by atoms with Gasteiger partial charge < -0.3 is 10.2 Å². The van der Waals surface area contributed by atoms with Gasteiger partial charge in [-0.25, -0.2) is 14.2 Å². The highest BCUT2D eigenvalue weighted by molar-refractivity contribution is 5.68. The van der Waals surface area contributed by atoms with Gasteiger partial charge in [0.2, 0.25) is 0 Å². The van der Waals surface area contributed by atoms with Gasteiger partial charge in [0.15, 0.2) is 5.82 Å². The number of piperidine rings is 1. The highest BCUT2D eigenvalue weighted by Gasteiger charge is 2.27. The van der Waals surface area contributed by atoms with Gasteiger partial charge in [0.05, 0.1) is 5.69 Å². The number of nitrogens with one attached hydrogen (secondary N) is 1. The predicted octanol–water partition coefficient (Wildman–Crippen LogP) is 2.17. The number of fused-ring (bicyclic) bond motifs is 1. The van der Waals surface area contributed by atoms with Crippen molar-refractivity contribution in [2.45, 2.75) is 44.1 Å². The maximum atomic E-state index is 11.7. The van der Waals surface area contributed by atoms with E-state index in [1.165, 1.54) is 29.6 Å². The SMILES string of the molecule is Cn1nc(N2CCCCC2CNc2nccn3nc(C4CC4)cc23)ccc1=O. The van der Waals surface area contributed by atoms with Crippen LogP contribution in [-0.2, 0) is 7.05 Å². The third kappa shape index (κ3) is 3.23. The van der Waals surface area contributed by atoms with E-state index < -0.39 is 0 Å². The first kappa shape index (κ1) is 17.2. The van der Waals surface area contributed by atoms with Crippen LogP contribution in [0.2, 0.25) is 0 Å². The lowest BCUT2D eigenvalue weighted by Crippen LogP contribution is -2.45. The van der Waals surface area contributed by atoms with Gasteiger partial charge in [0.25, 0.3) is 5.56 Å². The zero-order valence-corrected chi connectivity index (χ0v) is 16.1. The molecule has 1 N–H and O–H groups in total. The van der Waals surface area contributed by atoms with Gasteiger partial charge in [0.1, 0.15) is 11.3 Å². The van der Waals surface area contributed by atoms with Gasteiger partial charge in [-0.05, 0) is 44.2 Å². The molecular weight excluding hydrogens is 354 g/mol. The number of anilines is 2. The van der Waals surface area contributed by atoms with Crippen LogP contribution < -0.4 is 15.8 Å². The van der Waals surface area contributed by atoms with E-state index in [1.807, 2.05) is 16.8 Å². The molecule has 8 nitrogen and oxygen atoms in total. The maximum Gasteiger partial charge on any atom is 0.266 e. The highest BCUT2D eigenvalue weighted by Crippen LogP contribution is 2.39. The van der Waals surface area contributed by atoms with E-state index in [0.29, 0.717) is 12.0 Å². The minimum Gasteiger partial charge on any atom is -0.366 e. The van der Waals surface area contributed by atoms with Crippen LogP contribution in [0.3, 0.4) is 0 Å². The first-order valence-electron chi connectivity index (χ1n) is 10.1. The maximum absolute atomic E-state index is 11.7. The molecule has 1 saturated heterocycles. The van der Waals surface area contributed by atoms with Crippen molar-refractivity contribution in [1.82, 2.24) is 24.4 Å². The molecule has 0 spiro atoms. The van der Waals surface area contributed by atoms with Gasteiger partial charge in [-0.3, -0.25) is 4.79 Å². The van der Waals surface area contributed by atoms with E-state index in [9.17, 15) is 4.79 Å². The largest absolute Gasteiger partial charge is 0.366 e. The minimum absolute atomic E-state index is 0.0847. The third-order valence-electron chi connectivity index (χ3n) is 5.78. The Hall–Kier alpha value is -2.90. The molecule has 4 heterocycles. The molecule has 0 amide bonds. The molecule has 1 saturated carbocycles. The molecule has 1 unspecified atom stereocenters. The Balaban J connectivity index is 1.36. The Kier molecular flexibility index (Phi) is 4.26. The van der Waals surface area contributed by atoms with Gasteiger partial charge in [-0.1, -0.05) is 0 Å². The fraction of sp³-hybridized carbons (Fsp3) is 0.500. The predicted molar refractivity (Wildman–Crippen MR) is 108 cm³/mol. The molecule has 146 valence electrons. The molecule has 0 aromatic carbocycles. The summed E-state index contributed by atoms with van der Waals surface area (Å²) in [5, 5.41) is 12.7. The monoisotopic (exact) mass is 379 g/mol. The number of aryl methyl sites for hydroxylation is 1. The molecule has 3 aromatic rings. The van der Waals surface area contributed by atoms with E-state index in [0.717, 1.165) is 43.1 Å². The van der Waals surface area contributed by atoms with Crippen LogP contribution in [0.15, 0.2) is 35.4 Å². The molecule has 1 aliphatic carbocycles. The summed E-state index contributed by atoms with van der Waals surface area (Å²) in [6.45, 7) is 1.73. The van der Waals surface area contributed by atoms with Crippen LogP contribution in [0.1, 0.15) is 43.7 Å². The first-order chi connectivity index (χ1) is 13.7. The fourth-order valence-electron chi connectivity index (χ4n) is 4.03. The summed E-state index contributed by atoms with van der Waals surface area (Å²) in [6.07, 6.45) is 9.62. The van der Waals surface area contributed by atoms with Gasteiger partial charge in [-0.2, -0.15) is 10.2 Å². The molecule has 0 radical (unpaired) electrons. The summed E-state index contributed by atoms with van der Waals surface area (Å²) in [4.78, 5) is 18.5. The summed E-state index contributed by atoms with van der Waals surface area (Å²) < 4.78 is 3.33. The van der Waals surface area contributed by atoms with Crippen molar-refractivity contribution >= 4 is 17.2 Å². The second-order valence-electron chi connectivity index (χ2n) is 7.83. The molecule has 28 heavy (non-hydrogen) atoms. The van der Waals surface area contributed by atoms with Gasteiger partial charge >= 0.3 is 0 Å². The zero-order valence-electron chi connectivity index (χ0n) is 16.1. The van der Waals surface area contributed by atoms with Crippen LogP contribution in [0.25, 0.3) is 5.52 Å². The van der Waals surface area contributed by atoms with Crippen molar-refractivity contribution in [3.63, 3.8) is 0 Å². The van der Waals surface area contributed by atoms with Crippen molar-refractivity contribution in [3.8, 4) is 0 Å². The lowest BCUT2D eigenvalue weighted by molar-refractivity contribution is 0.464. The molecule has 1 aliphatic heterocycles. The van der Waals surface area contributed by atoms with Crippen molar-refractivity contribution in [2.24, 2.45) is 7.05 Å². The molecule has 2 aliphatic rings. The Morgan fingerprint density at radius 2 is 2.07 bits per heavy atom. The number of hydrogen-bond acceptors (Lipinski definition) is 6. The normalized spacial score (nSPS) is 19.9. The van der Waals surface area contributed by atoms with Crippen LogP contribution in [0.4, 0.5) is 11.6 Å². The van der Waals surface area contributed by atoms with Gasteiger partial charge in [0, 0.05) is 50.6 Å². The topological polar surface area (TPSA) is 80.3 Å². The third-order valence-corrected chi connectivity index (χ3v) is 5.78. The standard InChI is InChI=1S/C20H25N7O/c1-25-19(28)8-7-18(24-25)26-10-3-2-4-15(26)13-22-20-17-12-16(14-5-6-14)23-27(17)11-9-21-20/h7-9,11-12,14-15H,2-6,10,13H2,1H3,(H,21,22). The van der Waals surface area contributed by atoms with Crippen LogP contribution in [0, 0.1) is 0 Å². The first-order valence-corrected chi connectivity index (χ1v) is 10.1. The molecule has 8 heteroatoms. The number of hydrogen-bond donors (Lipinski definition) is 1. The second kappa shape index (κ2) is 6.92. The molecule has 0 bridgehead atoms. The second-order valence-corrected chi connectivity index (χ2v) is 7.83. The number of aromatic nitrogens is 5. The number of rotatable bonds is 5. The lowest BCUT2D eigenvalue weighted by atomic mass is 10.0. The molecular formula is C20H25N7O. The number of nitrogens with zero attached hydrogens (tertiary/aromatic N) is 6. The summed E-state index contributed by atoms with van der Waals surface area (Å²) >= 11 is 0. The van der Waals surface area contributed by atoms with E-state index in [-0.39, 0.29) is 5.56 Å². The van der Waals surface area contributed by atoms with Crippen LogP contribution in [0.5, 0.6) is 0 Å². The zero-order chi connectivity index (χ0) is 19.1. The van der Waals surface area contributed by atoms with E-state index >= 15 is 0 Å². The Labute approximate surface area is 163 Å². The van der Waals surface area contributed by atoms with Crippen LogP contribution in [-0.4, -0.2) is 43.5 Å². The smallest absolute Gasteiger partial charge is 0.266 e. The Morgan fingerprint density at radius 3 is 2.89 bits per heavy atom. The molecule has 3 aromatic heterocycles. The van der Waals surface area contributed by atoms with Crippen molar-refractivity contribution in [2.75, 3.05) is 23.3 Å². The van der Waals surface area contributed by atoms with E-state index in [2.05, 4.69) is 26.4 Å². The molecule has 2 fully saturated rings. The van der Waals surface area contributed by atoms with Crippen molar-refractivity contribution < 1.29 is 0 Å². The summed E-state index contributed by atoms with van der Waals surface area (Å²) in [5.74, 6) is 2.36. The van der Waals surface area contributed by atoms with Crippen molar-refractivity contribution in [1.29, 1.82) is 0 Å². The summed E-state index contributed by atoms with van der Waals surface area (Å²) in [6, 6.07) is 5.90. The fourth-order valence-corrected chi connectivity index (χ4v) is 4.03. The highest BCUT2D eigenvalue weighted by atomic mass is 16.1. The van der Waals surface area contributed by atoms with E-state index in [4.69, 9.17) is 5.10 Å². The summed E-state index contributed by atoms with van der Waals surface area (Å²) in [7, 11) is 1.70. The van der Waals surface area contributed by atoms with Gasteiger partial charge in [-0.15, -0.1) is 0 Å². The minimum atomic E-state index is -0.0847. The summed E-state index contributed by atoms with van der Waals surface area (Å²) in [5.41, 5.74) is 2.12. The van der Waals surface area contributed by atoms with Crippen molar-refractivity contribution in [3.05, 3.63) is 46.6 Å².